The fourth-order valence-corrected chi connectivity index (χ4v) is 3.82. The van der Waals surface area contributed by atoms with Gasteiger partial charge in [0.2, 0.25) is 0 Å². The average molecular weight is 381 g/mol. The van der Waals surface area contributed by atoms with E-state index in [0.717, 1.165) is 29.7 Å². The predicted octanol–water partition coefficient (Wildman–Crippen LogP) is 2.40. The van der Waals surface area contributed by atoms with Gasteiger partial charge >= 0.3 is 0 Å². The molecule has 1 aromatic carbocycles. The van der Waals surface area contributed by atoms with Gasteiger partial charge in [0, 0.05) is 38.4 Å². The number of nitrogens with zero attached hydrogens (tertiary/aromatic N) is 5. The molecule has 2 aromatic heterocycles. The molecule has 1 fully saturated rings. The maximum Gasteiger partial charge on any atom is 0.257 e. The van der Waals surface area contributed by atoms with Gasteiger partial charge in [-0.05, 0) is 31.0 Å². The third kappa shape index (κ3) is 3.15. The molecule has 1 aliphatic heterocycles. The molecule has 3 heterocycles. The highest BCUT2D eigenvalue weighted by molar-refractivity contribution is 5.97. The molecule has 0 N–H and O–H groups in total. The topological polar surface area (TPSA) is 82.4 Å². The Hall–Kier alpha value is -3.16. The lowest BCUT2D eigenvalue weighted by molar-refractivity contribution is 0.0702. The molecule has 0 spiro atoms. The predicted molar refractivity (Wildman–Crippen MR) is 104 cm³/mol. The number of hydrogen-bond acceptors (Lipinski definition) is 6. The molecule has 8 heteroatoms. The van der Waals surface area contributed by atoms with E-state index in [1.807, 2.05) is 11.9 Å². The summed E-state index contributed by atoms with van der Waals surface area (Å²) in [5.74, 6) is 1.23. The van der Waals surface area contributed by atoms with Crippen molar-refractivity contribution < 1.29 is 14.3 Å². The lowest BCUT2D eigenvalue weighted by Gasteiger charge is -2.32. The molecule has 1 aliphatic rings. The second-order valence-electron chi connectivity index (χ2n) is 6.89. The summed E-state index contributed by atoms with van der Waals surface area (Å²) in [6, 6.07) is 5.27. The number of methoxy groups -OCH3 is 2. The number of fused-ring (bicyclic) bond motifs is 1. The third-order valence-corrected chi connectivity index (χ3v) is 5.22. The van der Waals surface area contributed by atoms with Crippen LogP contribution in [0.5, 0.6) is 11.5 Å². The minimum atomic E-state index is -0.0632. The zero-order valence-electron chi connectivity index (χ0n) is 16.3. The van der Waals surface area contributed by atoms with Crippen LogP contribution in [0.15, 0.2) is 30.6 Å². The Bertz CT molecular complexity index is 1020. The summed E-state index contributed by atoms with van der Waals surface area (Å²) in [6.07, 6.45) is 5.21. The van der Waals surface area contributed by atoms with Gasteiger partial charge in [-0.1, -0.05) is 0 Å². The summed E-state index contributed by atoms with van der Waals surface area (Å²) in [5.41, 5.74) is 2.98. The molecule has 0 bridgehead atoms. The van der Waals surface area contributed by atoms with Crippen molar-refractivity contribution >= 4 is 17.1 Å². The quantitative estimate of drug-likeness (QED) is 0.690. The summed E-state index contributed by atoms with van der Waals surface area (Å²) in [4.78, 5) is 23.9. The number of piperidine rings is 1. The van der Waals surface area contributed by atoms with Crippen LogP contribution in [0.25, 0.3) is 11.2 Å². The van der Waals surface area contributed by atoms with Crippen molar-refractivity contribution in [2.45, 2.75) is 18.8 Å². The van der Waals surface area contributed by atoms with Crippen LogP contribution in [-0.2, 0) is 7.05 Å². The van der Waals surface area contributed by atoms with Gasteiger partial charge in [-0.25, -0.2) is 14.6 Å². The molecular formula is C20H23N5O3. The van der Waals surface area contributed by atoms with Crippen LogP contribution in [0.3, 0.4) is 0 Å². The molecular weight excluding hydrogens is 358 g/mol. The third-order valence-electron chi connectivity index (χ3n) is 5.22. The van der Waals surface area contributed by atoms with Gasteiger partial charge in [0.25, 0.3) is 5.91 Å². The molecule has 0 radical (unpaired) electrons. The van der Waals surface area contributed by atoms with Crippen molar-refractivity contribution in [3.63, 3.8) is 0 Å². The maximum absolute atomic E-state index is 13.2. The lowest BCUT2D eigenvalue weighted by Crippen LogP contribution is -2.39. The van der Waals surface area contributed by atoms with E-state index in [-0.39, 0.29) is 11.8 Å². The van der Waals surface area contributed by atoms with E-state index in [4.69, 9.17) is 9.47 Å². The van der Waals surface area contributed by atoms with E-state index in [0.29, 0.717) is 30.2 Å². The fourth-order valence-electron chi connectivity index (χ4n) is 3.82. The average Bonchev–Trinajstić information content (AvgIpc) is 3.09. The normalized spacial score (nSPS) is 17.0. The summed E-state index contributed by atoms with van der Waals surface area (Å²) >= 11 is 0. The van der Waals surface area contributed by atoms with Crippen LogP contribution in [0.2, 0.25) is 0 Å². The monoisotopic (exact) mass is 381 g/mol. The van der Waals surface area contributed by atoms with Crippen LogP contribution in [0.4, 0.5) is 0 Å². The first-order chi connectivity index (χ1) is 13.6. The van der Waals surface area contributed by atoms with Crippen molar-refractivity contribution in [3.05, 3.63) is 41.9 Å². The molecule has 1 atom stereocenters. The van der Waals surface area contributed by atoms with E-state index in [2.05, 4.69) is 15.1 Å². The summed E-state index contributed by atoms with van der Waals surface area (Å²) < 4.78 is 12.4. The van der Waals surface area contributed by atoms with Crippen LogP contribution in [-0.4, -0.2) is 57.9 Å². The molecule has 28 heavy (non-hydrogen) atoms. The molecule has 146 valence electrons. The van der Waals surface area contributed by atoms with Gasteiger partial charge in [0.15, 0.2) is 5.65 Å². The Labute approximate surface area is 163 Å². The minimum absolute atomic E-state index is 0.0632. The second kappa shape index (κ2) is 7.46. The van der Waals surface area contributed by atoms with Crippen molar-refractivity contribution in [1.29, 1.82) is 0 Å². The van der Waals surface area contributed by atoms with Gasteiger partial charge in [-0.2, -0.15) is 5.10 Å². The minimum Gasteiger partial charge on any atom is -0.497 e. The molecule has 3 aromatic rings. The number of rotatable bonds is 4. The summed E-state index contributed by atoms with van der Waals surface area (Å²) in [7, 11) is 5.02. The molecule has 1 amide bonds. The van der Waals surface area contributed by atoms with Crippen molar-refractivity contribution in [2.75, 3.05) is 27.3 Å². The Morgan fingerprint density at radius 1 is 1.18 bits per heavy atom. The van der Waals surface area contributed by atoms with Crippen molar-refractivity contribution in [2.24, 2.45) is 7.05 Å². The van der Waals surface area contributed by atoms with E-state index in [1.54, 1.807) is 49.5 Å². The van der Waals surface area contributed by atoms with E-state index < -0.39 is 0 Å². The highest BCUT2D eigenvalue weighted by atomic mass is 16.5. The number of carbonyl (C=O) groups excluding carboxylic acids is 1. The lowest BCUT2D eigenvalue weighted by atomic mass is 9.93. The first kappa shape index (κ1) is 18.2. The van der Waals surface area contributed by atoms with Crippen LogP contribution in [0, 0.1) is 0 Å². The smallest absolute Gasteiger partial charge is 0.257 e. The van der Waals surface area contributed by atoms with Crippen LogP contribution in [0.1, 0.15) is 34.8 Å². The number of amides is 1. The van der Waals surface area contributed by atoms with Gasteiger partial charge in [-0.3, -0.25) is 4.79 Å². The zero-order chi connectivity index (χ0) is 19.7. The fraction of sp³-hybridized carbons (Fsp3) is 0.400. The second-order valence-corrected chi connectivity index (χ2v) is 6.89. The first-order valence-corrected chi connectivity index (χ1v) is 9.27. The maximum atomic E-state index is 13.2. The molecule has 0 aliphatic carbocycles. The molecule has 8 nitrogen and oxygen atoms in total. The van der Waals surface area contributed by atoms with E-state index in [9.17, 15) is 4.79 Å². The van der Waals surface area contributed by atoms with E-state index in [1.165, 1.54) is 0 Å². The number of hydrogen-bond donors (Lipinski definition) is 0. The first-order valence-electron chi connectivity index (χ1n) is 9.27. The van der Waals surface area contributed by atoms with Crippen LogP contribution < -0.4 is 9.47 Å². The molecule has 1 saturated heterocycles. The number of likely N-dealkylation sites (tertiary alicyclic amines) is 1. The number of ether oxygens (including phenoxy) is 2. The van der Waals surface area contributed by atoms with Crippen molar-refractivity contribution in [3.8, 4) is 11.5 Å². The van der Waals surface area contributed by atoms with Crippen molar-refractivity contribution in [1.82, 2.24) is 24.6 Å². The summed E-state index contributed by atoms with van der Waals surface area (Å²) in [6.45, 7) is 1.29. The number of aryl methyl sites for hydroxylation is 1. The summed E-state index contributed by atoms with van der Waals surface area (Å²) in [5, 5.41) is 4.65. The van der Waals surface area contributed by atoms with Gasteiger partial charge in [0.1, 0.15) is 17.0 Å². The molecule has 0 unspecified atom stereocenters. The SMILES string of the molecule is COc1ccc(OC)c(C(=O)N2CCC[C@@H](c3nn(C)c4nccnc34)C2)c1. The molecule has 0 saturated carbocycles. The van der Waals surface area contributed by atoms with Gasteiger partial charge in [-0.15, -0.1) is 0 Å². The Balaban J connectivity index is 1.63. The standard InChI is InChI=1S/C20H23N5O3/c1-24-19-18(21-8-9-22-19)17(23-24)13-5-4-10-25(12-13)20(26)15-11-14(27-2)6-7-16(15)28-3/h6-9,11,13H,4-5,10,12H2,1-3H3/t13-/m1/s1. The largest absolute Gasteiger partial charge is 0.497 e. The highest BCUT2D eigenvalue weighted by Gasteiger charge is 2.30. The molecule has 4 rings (SSSR count). The van der Waals surface area contributed by atoms with Crippen LogP contribution >= 0.6 is 0 Å². The van der Waals surface area contributed by atoms with Gasteiger partial charge in [0.05, 0.1) is 25.5 Å². The highest BCUT2D eigenvalue weighted by Crippen LogP contribution is 2.32. The van der Waals surface area contributed by atoms with E-state index >= 15 is 0 Å². The zero-order valence-corrected chi connectivity index (χ0v) is 16.3. The van der Waals surface area contributed by atoms with Gasteiger partial charge < -0.3 is 14.4 Å². The number of carbonyl (C=O) groups is 1. The Kier molecular flexibility index (Phi) is 4.85. The Morgan fingerprint density at radius 3 is 2.79 bits per heavy atom. The number of benzene rings is 1. The Morgan fingerprint density at radius 2 is 2.00 bits per heavy atom. The number of aromatic nitrogens is 4.